The standard InChI is InChI=1S/C21H25N3O3/c1-20(2,26)19(25)24-11-9-21(10-12-24)17-16(8-13-27-21)14-22-18(23-17)15-6-4-3-5-7-15/h3-7,14,26H,8-13H2,1-2H3. The Hall–Kier alpha value is -2.31. The number of likely N-dealkylation sites (tertiary alicyclic amines) is 1. The topological polar surface area (TPSA) is 75.5 Å². The number of hydrogen-bond donors (Lipinski definition) is 1. The molecule has 2 aliphatic heterocycles. The van der Waals surface area contributed by atoms with Gasteiger partial charge in [0.2, 0.25) is 0 Å². The van der Waals surface area contributed by atoms with Gasteiger partial charge in [-0.25, -0.2) is 9.97 Å². The van der Waals surface area contributed by atoms with Gasteiger partial charge in [0, 0.05) is 24.8 Å². The Morgan fingerprint density at radius 3 is 2.59 bits per heavy atom. The van der Waals surface area contributed by atoms with E-state index in [2.05, 4.69) is 4.98 Å². The molecule has 1 N–H and O–H groups in total. The summed E-state index contributed by atoms with van der Waals surface area (Å²) in [6.45, 7) is 4.80. The van der Waals surface area contributed by atoms with Crippen LogP contribution >= 0.6 is 0 Å². The fraction of sp³-hybridized carbons (Fsp3) is 0.476. The van der Waals surface area contributed by atoms with E-state index in [0.717, 1.165) is 23.2 Å². The Balaban J connectivity index is 1.63. The van der Waals surface area contributed by atoms with Crippen LogP contribution in [-0.2, 0) is 21.6 Å². The van der Waals surface area contributed by atoms with Crippen molar-refractivity contribution in [2.24, 2.45) is 0 Å². The van der Waals surface area contributed by atoms with Crippen molar-refractivity contribution >= 4 is 5.91 Å². The molecule has 1 amide bonds. The van der Waals surface area contributed by atoms with Crippen molar-refractivity contribution in [2.75, 3.05) is 19.7 Å². The SMILES string of the molecule is CC(C)(O)C(=O)N1CCC2(CC1)OCCc1cnc(-c3ccccc3)nc12. The number of carbonyl (C=O) groups excluding carboxylic acids is 1. The molecular formula is C21H25N3O3. The summed E-state index contributed by atoms with van der Waals surface area (Å²) in [5, 5.41) is 10.0. The highest BCUT2D eigenvalue weighted by atomic mass is 16.5. The van der Waals surface area contributed by atoms with Crippen molar-refractivity contribution in [2.45, 2.75) is 44.3 Å². The zero-order chi connectivity index (χ0) is 19.1. The van der Waals surface area contributed by atoms with Crippen LogP contribution in [0.25, 0.3) is 11.4 Å². The minimum atomic E-state index is -1.35. The highest BCUT2D eigenvalue weighted by molar-refractivity contribution is 5.84. The summed E-state index contributed by atoms with van der Waals surface area (Å²) < 4.78 is 6.25. The van der Waals surface area contributed by atoms with Gasteiger partial charge in [-0.3, -0.25) is 4.79 Å². The first-order valence-corrected chi connectivity index (χ1v) is 9.47. The summed E-state index contributed by atoms with van der Waals surface area (Å²) >= 11 is 0. The largest absolute Gasteiger partial charge is 0.381 e. The molecule has 142 valence electrons. The summed E-state index contributed by atoms with van der Waals surface area (Å²) in [5.74, 6) is 0.468. The fourth-order valence-corrected chi connectivity index (χ4v) is 3.97. The molecule has 6 nitrogen and oxygen atoms in total. The highest BCUT2D eigenvalue weighted by Crippen LogP contribution is 2.41. The second kappa shape index (κ2) is 6.69. The van der Waals surface area contributed by atoms with E-state index >= 15 is 0 Å². The molecule has 0 saturated carbocycles. The Morgan fingerprint density at radius 2 is 1.93 bits per heavy atom. The highest BCUT2D eigenvalue weighted by Gasteiger charge is 2.44. The van der Waals surface area contributed by atoms with Crippen molar-refractivity contribution in [3.63, 3.8) is 0 Å². The number of aliphatic hydroxyl groups is 1. The number of carbonyl (C=O) groups is 1. The molecule has 1 saturated heterocycles. The van der Waals surface area contributed by atoms with Gasteiger partial charge in [0.1, 0.15) is 11.2 Å². The first-order chi connectivity index (χ1) is 12.9. The molecule has 2 aliphatic rings. The number of amides is 1. The lowest BCUT2D eigenvalue weighted by Gasteiger charge is -2.44. The van der Waals surface area contributed by atoms with Crippen LogP contribution in [0.3, 0.4) is 0 Å². The molecule has 0 aliphatic carbocycles. The lowest BCUT2D eigenvalue weighted by atomic mass is 9.82. The number of aromatic nitrogens is 2. The van der Waals surface area contributed by atoms with Crippen LogP contribution in [0.15, 0.2) is 36.5 Å². The zero-order valence-corrected chi connectivity index (χ0v) is 15.8. The number of rotatable bonds is 2. The van der Waals surface area contributed by atoms with Crippen LogP contribution in [0.4, 0.5) is 0 Å². The number of nitrogens with zero attached hydrogens (tertiary/aromatic N) is 3. The molecule has 3 heterocycles. The molecule has 0 atom stereocenters. The van der Waals surface area contributed by atoms with Crippen LogP contribution in [0, 0.1) is 0 Å². The van der Waals surface area contributed by atoms with Gasteiger partial charge in [-0.15, -0.1) is 0 Å². The summed E-state index contributed by atoms with van der Waals surface area (Å²) in [6, 6.07) is 9.93. The maximum absolute atomic E-state index is 12.4. The molecule has 2 aromatic rings. The second-order valence-corrected chi connectivity index (χ2v) is 7.88. The van der Waals surface area contributed by atoms with E-state index < -0.39 is 11.2 Å². The quantitative estimate of drug-likeness (QED) is 0.882. The number of fused-ring (bicyclic) bond motifs is 2. The van der Waals surface area contributed by atoms with Crippen molar-refractivity contribution in [3.05, 3.63) is 47.8 Å². The van der Waals surface area contributed by atoms with Crippen LogP contribution in [-0.4, -0.2) is 51.2 Å². The van der Waals surface area contributed by atoms with Gasteiger partial charge in [-0.2, -0.15) is 0 Å². The molecule has 0 unspecified atom stereocenters. The third-order valence-corrected chi connectivity index (χ3v) is 5.46. The van der Waals surface area contributed by atoms with Crippen molar-refractivity contribution in [3.8, 4) is 11.4 Å². The molecule has 1 aromatic heterocycles. The molecule has 6 heteroatoms. The summed E-state index contributed by atoms with van der Waals surface area (Å²) in [4.78, 5) is 23.6. The van der Waals surface area contributed by atoms with E-state index in [1.807, 2.05) is 36.5 Å². The maximum Gasteiger partial charge on any atom is 0.253 e. The Kier molecular flexibility index (Phi) is 4.48. The molecular weight excluding hydrogens is 342 g/mol. The van der Waals surface area contributed by atoms with Crippen LogP contribution in [0.2, 0.25) is 0 Å². The number of ether oxygens (including phenoxy) is 1. The second-order valence-electron chi connectivity index (χ2n) is 7.88. The van der Waals surface area contributed by atoms with E-state index in [0.29, 0.717) is 38.4 Å². The molecule has 1 fully saturated rings. The van der Waals surface area contributed by atoms with Gasteiger partial charge >= 0.3 is 0 Å². The average molecular weight is 367 g/mol. The van der Waals surface area contributed by atoms with E-state index in [1.165, 1.54) is 13.8 Å². The van der Waals surface area contributed by atoms with Gasteiger partial charge in [0.25, 0.3) is 5.91 Å². The van der Waals surface area contributed by atoms with Gasteiger partial charge in [-0.1, -0.05) is 30.3 Å². The average Bonchev–Trinajstić information content (AvgIpc) is 2.68. The Labute approximate surface area is 159 Å². The summed E-state index contributed by atoms with van der Waals surface area (Å²) in [6.07, 6.45) is 4.07. The lowest BCUT2D eigenvalue weighted by molar-refractivity contribution is -0.156. The molecule has 1 aromatic carbocycles. The van der Waals surface area contributed by atoms with Crippen molar-refractivity contribution < 1.29 is 14.6 Å². The normalized spacial score (nSPS) is 19.0. The zero-order valence-electron chi connectivity index (χ0n) is 15.8. The molecule has 0 radical (unpaired) electrons. The predicted molar refractivity (Wildman–Crippen MR) is 101 cm³/mol. The smallest absolute Gasteiger partial charge is 0.253 e. The predicted octanol–water partition coefficient (Wildman–Crippen LogP) is 2.30. The number of hydrogen-bond acceptors (Lipinski definition) is 5. The van der Waals surface area contributed by atoms with Gasteiger partial charge in [-0.05, 0) is 38.7 Å². The Bertz CT molecular complexity index is 837. The third kappa shape index (κ3) is 3.35. The van der Waals surface area contributed by atoms with Crippen molar-refractivity contribution in [1.82, 2.24) is 14.9 Å². The van der Waals surface area contributed by atoms with E-state index in [-0.39, 0.29) is 5.91 Å². The van der Waals surface area contributed by atoms with Crippen LogP contribution in [0.5, 0.6) is 0 Å². The maximum atomic E-state index is 12.4. The monoisotopic (exact) mass is 367 g/mol. The molecule has 1 spiro atoms. The lowest BCUT2D eigenvalue weighted by Crippen LogP contribution is -2.53. The summed E-state index contributed by atoms with van der Waals surface area (Å²) in [7, 11) is 0. The first kappa shape index (κ1) is 18.1. The first-order valence-electron chi connectivity index (χ1n) is 9.47. The minimum absolute atomic E-state index is 0.235. The number of benzene rings is 1. The van der Waals surface area contributed by atoms with Crippen LogP contribution in [0.1, 0.15) is 37.9 Å². The van der Waals surface area contributed by atoms with Crippen LogP contribution < -0.4 is 0 Å². The fourth-order valence-electron chi connectivity index (χ4n) is 3.97. The molecule has 0 bridgehead atoms. The van der Waals surface area contributed by atoms with Crippen molar-refractivity contribution in [1.29, 1.82) is 0 Å². The molecule has 27 heavy (non-hydrogen) atoms. The summed E-state index contributed by atoms with van der Waals surface area (Å²) in [5.41, 5.74) is 1.24. The van der Waals surface area contributed by atoms with Gasteiger partial charge < -0.3 is 14.7 Å². The van der Waals surface area contributed by atoms with E-state index in [4.69, 9.17) is 9.72 Å². The third-order valence-electron chi connectivity index (χ3n) is 5.46. The minimum Gasteiger partial charge on any atom is -0.381 e. The van der Waals surface area contributed by atoms with Gasteiger partial charge in [0.05, 0.1) is 12.3 Å². The van der Waals surface area contributed by atoms with E-state index in [9.17, 15) is 9.90 Å². The van der Waals surface area contributed by atoms with E-state index in [1.54, 1.807) is 4.90 Å². The Morgan fingerprint density at radius 1 is 1.22 bits per heavy atom. The number of piperidine rings is 1. The molecule has 4 rings (SSSR count). The van der Waals surface area contributed by atoms with Gasteiger partial charge in [0.15, 0.2) is 5.82 Å².